The van der Waals surface area contributed by atoms with Crippen LogP contribution in [0.15, 0.2) is 18.3 Å². The molecule has 0 fully saturated rings. The quantitative estimate of drug-likeness (QED) is 0.657. The molecule has 0 saturated heterocycles. The largest absolute Gasteiger partial charge is 0.251 e. The number of fused-ring (bicyclic) bond motifs is 1. The summed E-state index contributed by atoms with van der Waals surface area (Å²) in [5, 5.41) is 0. The van der Waals surface area contributed by atoms with Crippen LogP contribution in [0.1, 0.15) is 32.2 Å². The molecule has 0 aliphatic carbocycles. The van der Waals surface area contributed by atoms with Crippen LogP contribution in [0.4, 0.5) is 0 Å². The van der Waals surface area contributed by atoms with Crippen molar-refractivity contribution in [3.8, 4) is 0 Å². The molecule has 3 nitrogen and oxygen atoms in total. The van der Waals surface area contributed by atoms with E-state index in [9.17, 15) is 0 Å². The van der Waals surface area contributed by atoms with Crippen LogP contribution in [0, 0.1) is 6.92 Å². The molecular weight excluding hydrogens is 186 g/mol. The highest BCUT2D eigenvalue weighted by Gasteiger charge is 2.16. The first-order chi connectivity index (χ1) is 6.97. The number of pyridine rings is 1. The lowest BCUT2D eigenvalue weighted by atomic mass is 9.93. The molecule has 15 heavy (non-hydrogen) atoms. The topological polar surface area (TPSA) is 38.7 Å². The van der Waals surface area contributed by atoms with Crippen molar-refractivity contribution in [2.75, 3.05) is 0 Å². The summed E-state index contributed by atoms with van der Waals surface area (Å²) in [6.07, 6.45) is 1.83. The SMILES string of the molecule is Cc1ccc2ncc(C(C)(C)C)nc2n1. The monoisotopic (exact) mass is 201 g/mol. The van der Waals surface area contributed by atoms with Crippen molar-refractivity contribution in [1.82, 2.24) is 15.0 Å². The molecule has 2 aromatic heterocycles. The summed E-state index contributed by atoms with van der Waals surface area (Å²) in [5.74, 6) is 0. The summed E-state index contributed by atoms with van der Waals surface area (Å²) in [5.41, 5.74) is 3.57. The molecule has 0 saturated carbocycles. The van der Waals surface area contributed by atoms with Gasteiger partial charge in [-0.2, -0.15) is 0 Å². The Hall–Kier alpha value is -1.51. The lowest BCUT2D eigenvalue weighted by molar-refractivity contribution is 0.568. The van der Waals surface area contributed by atoms with Crippen molar-refractivity contribution in [1.29, 1.82) is 0 Å². The zero-order valence-corrected chi connectivity index (χ0v) is 9.57. The van der Waals surface area contributed by atoms with Gasteiger partial charge in [-0.3, -0.25) is 4.98 Å². The second-order valence-electron chi connectivity index (χ2n) is 4.80. The van der Waals surface area contributed by atoms with E-state index in [2.05, 4.69) is 35.7 Å². The van der Waals surface area contributed by atoms with Gasteiger partial charge in [-0.05, 0) is 19.1 Å². The van der Waals surface area contributed by atoms with Gasteiger partial charge in [0.05, 0.1) is 5.69 Å². The summed E-state index contributed by atoms with van der Waals surface area (Å²) in [7, 11) is 0. The van der Waals surface area contributed by atoms with Crippen LogP contribution in [-0.2, 0) is 5.41 Å². The molecule has 0 amide bonds. The summed E-state index contributed by atoms with van der Waals surface area (Å²) < 4.78 is 0. The van der Waals surface area contributed by atoms with Crippen molar-refractivity contribution in [2.24, 2.45) is 0 Å². The lowest BCUT2D eigenvalue weighted by Gasteiger charge is -2.16. The first kappa shape index (κ1) is 10.0. The smallest absolute Gasteiger partial charge is 0.178 e. The van der Waals surface area contributed by atoms with Crippen molar-refractivity contribution in [3.63, 3.8) is 0 Å². The molecule has 0 aliphatic rings. The molecule has 3 heteroatoms. The summed E-state index contributed by atoms with van der Waals surface area (Å²) in [4.78, 5) is 13.3. The fourth-order valence-electron chi connectivity index (χ4n) is 1.35. The van der Waals surface area contributed by atoms with E-state index >= 15 is 0 Å². The highest BCUT2D eigenvalue weighted by atomic mass is 14.9. The summed E-state index contributed by atoms with van der Waals surface area (Å²) >= 11 is 0. The van der Waals surface area contributed by atoms with E-state index in [1.807, 2.05) is 25.3 Å². The van der Waals surface area contributed by atoms with Gasteiger partial charge in [0.15, 0.2) is 5.65 Å². The predicted octanol–water partition coefficient (Wildman–Crippen LogP) is 2.63. The molecule has 0 N–H and O–H groups in total. The fraction of sp³-hybridized carbons (Fsp3) is 0.417. The first-order valence-electron chi connectivity index (χ1n) is 5.08. The predicted molar refractivity (Wildman–Crippen MR) is 60.8 cm³/mol. The Bertz CT molecular complexity index is 498. The normalized spacial score (nSPS) is 12.0. The Morgan fingerprint density at radius 2 is 1.80 bits per heavy atom. The van der Waals surface area contributed by atoms with E-state index in [0.717, 1.165) is 22.6 Å². The van der Waals surface area contributed by atoms with Crippen molar-refractivity contribution < 1.29 is 0 Å². The number of aromatic nitrogens is 3. The molecule has 2 rings (SSSR count). The zero-order valence-electron chi connectivity index (χ0n) is 9.57. The van der Waals surface area contributed by atoms with Crippen molar-refractivity contribution in [2.45, 2.75) is 33.1 Å². The Labute approximate surface area is 89.6 Å². The standard InChI is InChI=1S/C12H15N3/c1-8-5-6-9-11(14-8)15-10(7-13-9)12(2,3)4/h5-7H,1-4H3. The van der Waals surface area contributed by atoms with Crippen LogP contribution < -0.4 is 0 Å². The number of hydrogen-bond donors (Lipinski definition) is 0. The van der Waals surface area contributed by atoms with E-state index in [-0.39, 0.29) is 5.41 Å². The maximum atomic E-state index is 4.53. The number of hydrogen-bond acceptors (Lipinski definition) is 3. The van der Waals surface area contributed by atoms with Gasteiger partial charge in [0.1, 0.15) is 5.52 Å². The average Bonchev–Trinajstić information content (AvgIpc) is 2.15. The molecule has 78 valence electrons. The molecule has 0 radical (unpaired) electrons. The van der Waals surface area contributed by atoms with E-state index in [0.29, 0.717) is 0 Å². The van der Waals surface area contributed by atoms with Crippen LogP contribution in [0.2, 0.25) is 0 Å². The minimum atomic E-state index is 0.0205. The van der Waals surface area contributed by atoms with Crippen LogP contribution in [0.5, 0.6) is 0 Å². The highest BCUT2D eigenvalue weighted by molar-refractivity contribution is 5.69. The van der Waals surface area contributed by atoms with Gasteiger partial charge in [0.25, 0.3) is 0 Å². The van der Waals surface area contributed by atoms with E-state index in [1.165, 1.54) is 0 Å². The average molecular weight is 201 g/mol. The van der Waals surface area contributed by atoms with E-state index in [4.69, 9.17) is 0 Å². The molecule has 2 aromatic rings. The molecular formula is C12H15N3. The van der Waals surface area contributed by atoms with Gasteiger partial charge in [-0.25, -0.2) is 9.97 Å². The van der Waals surface area contributed by atoms with Crippen LogP contribution >= 0.6 is 0 Å². The van der Waals surface area contributed by atoms with Gasteiger partial charge in [-0.15, -0.1) is 0 Å². The maximum absolute atomic E-state index is 4.53. The molecule has 0 aromatic carbocycles. The Kier molecular flexibility index (Phi) is 2.18. The minimum absolute atomic E-state index is 0.0205. The lowest BCUT2D eigenvalue weighted by Crippen LogP contribution is -2.14. The molecule has 0 bridgehead atoms. The van der Waals surface area contributed by atoms with Gasteiger partial charge in [0.2, 0.25) is 0 Å². The Balaban J connectivity index is 2.64. The molecule has 0 aliphatic heterocycles. The summed E-state index contributed by atoms with van der Waals surface area (Å²) in [6, 6.07) is 3.91. The van der Waals surface area contributed by atoms with E-state index < -0.39 is 0 Å². The molecule has 0 spiro atoms. The first-order valence-corrected chi connectivity index (χ1v) is 5.08. The van der Waals surface area contributed by atoms with E-state index in [1.54, 1.807) is 0 Å². The third-order valence-electron chi connectivity index (χ3n) is 2.31. The Morgan fingerprint density at radius 3 is 2.47 bits per heavy atom. The summed E-state index contributed by atoms with van der Waals surface area (Å²) in [6.45, 7) is 8.33. The maximum Gasteiger partial charge on any atom is 0.178 e. The van der Waals surface area contributed by atoms with Crippen LogP contribution in [-0.4, -0.2) is 15.0 Å². The van der Waals surface area contributed by atoms with Crippen LogP contribution in [0.25, 0.3) is 11.2 Å². The second kappa shape index (κ2) is 3.26. The minimum Gasteiger partial charge on any atom is -0.251 e. The molecule has 0 unspecified atom stereocenters. The third kappa shape index (κ3) is 1.96. The van der Waals surface area contributed by atoms with Gasteiger partial charge < -0.3 is 0 Å². The van der Waals surface area contributed by atoms with Gasteiger partial charge in [-0.1, -0.05) is 20.8 Å². The van der Waals surface area contributed by atoms with Gasteiger partial charge in [0, 0.05) is 17.3 Å². The number of aryl methyl sites for hydroxylation is 1. The Morgan fingerprint density at radius 1 is 1.07 bits per heavy atom. The van der Waals surface area contributed by atoms with Crippen LogP contribution in [0.3, 0.4) is 0 Å². The van der Waals surface area contributed by atoms with Crippen molar-refractivity contribution >= 4 is 11.2 Å². The fourth-order valence-corrected chi connectivity index (χ4v) is 1.35. The highest BCUT2D eigenvalue weighted by Crippen LogP contribution is 2.20. The molecule has 2 heterocycles. The number of rotatable bonds is 0. The van der Waals surface area contributed by atoms with Gasteiger partial charge >= 0.3 is 0 Å². The number of nitrogens with zero attached hydrogens (tertiary/aromatic N) is 3. The van der Waals surface area contributed by atoms with Crippen molar-refractivity contribution in [3.05, 3.63) is 29.7 Å². The second-order valence-corrected chi connectivity index (χ2v) is 4.80. The zero-order chi connectivity index (χ0) is 11.1. The molecule has 0 atom stereocenters. The third-order valence-corrected chi connectivity index (χ3v) is 2.31.